The number of para-hydroxylation sites is 1. The van der Waals surface area contributed by atoms with E-state index in [2.05, 4.69) is 20.5 Å². The monoisotopic (exact) mass is 332 g/mol. The number of carbonyl (C=O) groups is 1. The van der Waals surface area contributed by atoms with Crippen molar-refractivity contribution in [1.29, 1.82) is 0 Å². The summed E-state index contributed by atoms with van der Waals surface area (Å²) in [6, 6.07) is 13.0. The lowest BCUT2D eigenvalue weighted by Crippen LogP contribution is -2.16. The number of hydrogen-bond acceptors (Lipinski definition) is 5. The van der Waals surface area contributed by atoms with Gasteiger partial charge in [-0.3, -0.25) is 9.20 Å². The highest BCUT2D eigenvalue weighted by Crippen LogP contribution is 2.23. The molecule has 0 aliphatic carbocycles. The first-order valence-electron chi connectivity index (χ1n) is 7.80. The Bertz CT molecular complexity index is 1090. The van der Waals surface area contributed by atoms with Crippen LogP contribution < -0.4 is 10.2 Å². The Balaban J connectivity index is 1.75. The summed E-state index contributed by atoms with van der Waals surface area (Å²) in [6.07, 6.45) is 3.38. The molecule has 0 spiro atoms. The summed E-state index contributed by atoms with van der Waals surface area (Å²) < 4.78 is 1.76. The van der Waals surface area contributed by atoms with Gasteiger partial charge >= 0.3 is 0 Å². The number of hydrogen-bond donors (Lipinski definition) is 1. The first kappa shape index (κ1) is 15.1. The Labute approximate surface area is 143 Å². The summed E-state index contributed by atoms with van der Waals surface area (Å²) in [4.78, 5) is 19.3. The molecule has 7 nitrogen and oxygen atoms in total. The zero-order chi connectivity index (χ0) is 17.4. The van der Waals surface area contributed by atoms with Crippen molar-refractivity contribution in [2.24, 2.45) is 0 Å². The highest BCUT2D eigenvalue weighted by Gasteiger charge is 2.14. The molecule has 7 heteroatoms. The lowest BCUT2D eigenvalue weighted by atomic mass is 10.1. The van der Waals surface area contributed by atoms with Crippen LogP contribution in [0.2, 0.25) is 0 Å². The van der Waals surface area contributed by atoms with Gasteiger partial charge in [0.15, 0.2) is 5.65 Å². The second-order valence-corrected chi connectivity index (χ2v) is 5.91. The fraction of sp³-hybridized carbons (Fsp3) is 0.111. The maximum absolute atomic E-state index is 12.9. The van der Waals surface area contributed by atoms with Crippen molar-refractivity contribution < 1.29 is 4.79 Å². The molecule has 1 aromatic carbocycles. The Hall–Kier alpha value is -3.48. The molecule has 25 heavy (non-hydrogen) atoms. The molecule has 1 amide bonds. The quantitative estimate of drug-likeness (QED) is 0.624. The zero-order valence-corrected chi connectivity index (χ0v) is 13.8. The average molecular weight is 332 g/mol. The number of nitrogens with zero attached hydrogens (tertiary/aromatic N) is 5. The molecule has 3 heterocycles. The summed E-state index contributed by atoms with van der Waals surface area (Å²) in [5.41, 5.74) is 2.76. The summed E-state index contributed by atoms with van der Waals surface area (Å²) >= 11 is 0. The van der Waals surface area contributed by atoms with Crippen LogP contribution in [-0.2, 0) is 0 Å². The molecule has 0 unspecified atom stereocenters. The highest BCUT2D eigenvalue weighted by atomic mass is 16.1. The van der Waals surface area contributed by atoms with Crippen LogP contribution in [-0.4, -0.2) is 39.6 Å². The van der Waals surface area contributed by atoms with E-state index in [4.69, 9.17) is 0 Å². The number of fused-ring (bicyclic) bond motifs is 2. The van der Waals surface area contributed by atoms with E-state index >= 15 is 0 Å². The van der Waals surface area contributed by atoms with Gasteiger partial charge in [-0.25, -0.2) is 4.98 Å². The Kier molecular flexibility index (Phi) is 3.53. The standard InChI is InChI=1S/C18H16N6O/c1-23(2)17-9-14(13-5-3-4-6-15(13)21-17)18(25)20-12-7-8-16-22-19-11-24(16)10-12/h3-11H,1-2H3,(H,20,25). The molecule has 124 valence electrons. The molecule has 4 rings (SSSR count). The van der Waals surface area contributed by atoms with Gasteiger partial charge in [0.1, 0.15) is 12.1 Å². The second-order valence-electron chi connectivity index (χ2n) is 5.91. The van der Waals surface area contributed by atoms with Crippen molar-refractivity contribution in [3.8, 4) is 0 Å². The van der Waals surface area contributed by atoms with Gasteiger partial charge in [-0.1, -0.05) is 18.2 Å². The van der Waals surface area contributed by atoms with Gasteiger partial charge in [0.05, 0.1) is 16.8 Å². The van der Waals surface area contributed by atoms with Crippen LogP contribution in [0.3, 0.4) is 0 Å². The van der Waals surface area contributed by atoms with E-state index in [0.29, 0.717) is 11.3 Å². The average Bonchev–Trinajstić information content (AvgIpc) is 3.08. The van der Waals surface area contributed by atoms with Gasteiger partial charge < -0.3 is 10.2 Å². The van der Waals surface area contributed by atoms with Gasteiger partial charge in [-0.15, -0.1) is 10.2 Å². The van der Waals surface area contributed by atoms with Crippen LogP contribution in [0.25, 0.3) is 16.6 Å². The van der Waals surface area contributed by atoms with E-state index in [0.717, 1.165) is 22.4 Å². The third-order valence-electron chi connectivity index (χ3n) is 3.95. The van der Waals surface area contributed by atoms with Crippen LogP contribution in [0.5, 0.6) is 0 Å². The maximum Gasteiger partial charge on any atom is 0.256 e. The van der Waals surface area contributed by atoms with E-state index in [-0.39, 0.29) is 5.91 Å². The third kappa shape index (κ3) is 2.76. The Morgan fingerprint density at radius 2 is 2.00 bits per heavy atom. The van der Waals surface area contributed by atoms with Gasteiger partial charge in [0.25, 0.3) is 5.91 Å². The number of carbonyl (C=O) groups excluding carboxylic acids is 1. The van der Waals surface area contributed by atoms with Crippen LogP contribution in [0.4, 0.5) is 11.5 Å². The second kappa shape index (κ2) is 5.86. The highest BCUT2D eigenvalue weighted by molar-refractivity contribution is 6.13. The topological polar surface area (TPSA) is 75.4 Å². The van der Waals surface area contributed by atoms with Gasteiger partial charge in [-0.05, 0) is 24.3 Å². The molecular weight excluding hydrogens is 316 g/mol. The smallest absolute Gasteiger partial charge is 0.256 e. The lowest BCUT2D eigenvalue weighted by molar-refractivity contribution is 0.102. The van der Waals surface area contributed by atoms with Crippen LogP contribution in [0.15, 0.2) is 55.0 Å². The number of anilines is 2. The van der Waals surface area contributed by atoms with E-state index in [1.54, 1.807) is 35.1 Å². The van der Waals surface area contributed by atoms with Gasteiger partial charge in [-0.2, -0.15) is 0 Å². The van der Waals surface area contributed by atoms with Crippen molar-refractivity contribution in [2.45, 2.75) is 0 Å². The first-order chi connectivity index (χ1) is 12.1. The first-order valence-corrected chi connectivity index (χ1v) is 7.80. The van der Waals surface area contributed by atoms with Crippen molar-refractivity contribution in [2.75, 3.05) is 24.3 Å². The minimum atomic E-state index is -0.186. The lowest BCUT2D eigenvalue weighted by Gasteiger charge is -2.15. The fourth-order valence-electron chi connectivity index (χ4n) is 2.68. The summed E-state index contributed by atoms with van der Waals surface area (Å²) in [5, 5.41) is 11.5. The molecule has 0 saturated heterocycles. The zero-order valence-electron chi connectivity index (χ0n) is 13.8. The molecular formula is C18H16N6O. The predicted octanol–water partition coefficient (Wildman–Crippen LogP) is 2.60. The minimum Gasteiger partial charge on any atom is -0.363 e. The molecule has 0 radical (unpaired) electrons. The Morgan fingerprint density at radius 1 is 1.16 bits per heavy atom. The van der Waals surface area contributed by atoms with Crippen molar-refractivity contribution in [3.63, 3.8) is 0 Å². The largest absolute Gasteiger partial charge is 0.363 e. The van der Waals surface area contributed by atoms with Crippen LogP contribution >= 0.6 is 0 Å². The molecule has 1 N–H and O–H groups in total. The predicted molar refractivity (Wildman–Crippen MR) is 97.0 cm³/mol. The molecule has 0 fully saturated rings. The summed E-state index contributed by atoms with van der Waals surface area (Å²) in [6.45, 7) is 0. The summed E-state index contributed by atoms with van der Waals surface area (Å²) in [7, 11) is 3.80. The number of nitrogens with one attached hydrogen (secondary N) is 1. The van der Waals surface area contributed by atoms with Crippen molar-refractivity contribution >= 4 is 34.0 Å². The molecule has 3 aromatic heterocycles. The number of pyridine rings is 2. The molecule has 0 saturated carbocycles. The fourth-order valence-corrected chi connectivity index (χ4v) is 2.68. The maximum atomic E-state index is 12.9. The Morgan fingerprint density at radius 3 is 2.84 bits per heavy atom. The van der Waals surface area contributed by atoms with Gasteiger partial charge in [0, 0.05) is 25.7 Å². The third-order valence-corrected chi connectivity index (χ3v) is 3.95. The number of benzene rings is 1. The molecule has 4 aromatic rings. The molecule has 0 aliphatic rings. The van der Waals surface area contributed by atoms with E-state index < -0.39 is 0 Å². The minimum absolute atomic E-state index is 0.186. The molecule has 0 atom stereocenters. The van der Waals surface area contributed by atoms with Crippen molar-refractivity contribution in [1.82, 2.24) is 19.6 Å². The van der Waals surface area contributed by atoms with Crippen LogP contribution in [0, 0.1) is 0 Å². The SMILES string of the molecule is CN(C)c1cc(C(=O)Nc2ccc3nncn3c2)c2ccccc2n1. The molecule has 0 bridgehead atoms. The summed E-state index contributed by atoms with van der Waals surface area (Å²) in [5.74, 6) is 0.548. The van der Waals surface area contributed by atoms with E-state index in [9.17, 15) is 4.79 Å². The van der Waals surface area contributed by atoms with E-state index in [1.165, 1.54) is 0 Å². The normalized spacial score (nSPS) is 11.0. The number of amides is 1. The number of rotatable bonds is 3. The van der Waals surface area contributed by atoms with Crippen molar-refractivity contribution in [3.05, 3.63) is 60.6 Å². The molecule has 0 aliphatic heterocycles. The van der Waals surface area contributed by atoms with E-state index in [1.807, 2.05) is 43.3 Å². The van der Waals surface area contributed by atoms with Gasteiger partial charge in [0.2, 0.25) is 0 Å². The van der Waals surface area contributed by atoms with Crippen LogP contribution in [0.1, 0.15) is 10.4 Å². The number of aromatic nitrogens is 4.